The Morgan fingerprint density at radius 3 is 2.11 bits per heavy atom. The second-order valence-corrected chi connectivity index (χ2v) is 5.28. The first-order valence-corrected chi connectivity index (χ1v) is 7.46. The van der Waals surface area contributed by atoms with Crippen LogP contribution >= 0.6 is 0 Å². The molecule has 1 aliphatic carbocycles. The lowest BCUT2D eigenvalue weighted by Gasteiger charge is -2.27. The molecule has 0 radical (unpaired) electrons. The number of aliphatic hydroxyl groups excluding tert-OH is 1. The Bertz CT molecular complexity index is 317. The lowest BCUT2D eigenvalue weighted by Crippen LogP contribution is -2.32. The summed E-state index contributed by atoms with van der Waals surface area (Å²) < 4.78 is 0. The number of piperidine rings is 1. The number of hydrogen-bond donors (Lipinski definition) is 1. The summed E-state index contributed by atoms with van der Waals surface area (Å²) in [5.74, 6) is 2.13. The van der Waals surface area contributed by atoms with E-state index in [2.05, 4.69) is 16.9 Å². The van der Waals surface area contributed by atoms with Crippen molar-refractivity contribution in [1.29, 1.82) is 0 Å². The summed E-state index contributed by atoms with van der Waals surface area (Å²) in [7, 11) is 2.25. The van der Waals surface area contributed by atoms with Crippen molar-refractivity contribution < 1.29 is 5.11 Å². The van der Waals surface area contributed by atoms with Gasteiger partial charge in [-0.3, -0.25) is 4.98 Å². The molecule has 2 bridgehead atoms. The topological polar surface area (TPSA) is 36.4 Å². The average Bonchev–Trinajstić information content (AvgIpc) is 2.82. The number of pyridine rings is 1. The molecule has 3 nitrogen and oxygen atoms in total. The number of hydrogen-bond acceptors (Lipinski definition) is 3. The molecule has 3 heteroatoms. The van der Waals surface area contributed by atoms with Crippen LogP contribution in [0.25, 0.3) is 0 Å². The zero-order valence-electron chi connectivity index (χ0n) is 12.5. The molecular formula is C16H28N2O. The van der Waals surface area contributed by atoms with Crippen LogP contribution in [0.3, 0.4) is 0 Å². The standard InChI is InChI=1S/C8H15N.C6H7NO.C2H6/c1-9-5-7-2-3-8(4-7)6-9;8-5-6-1-3-7-4-2-6;1-2/h7-8H,2-6H2,1H3;1-4,8H,5H2;1-2H3. The molecule has 1 N–H and O–H groups in total. The second kappa shape index (κ2) is 9.05. The lowest BCUT2D eigenvalue weighted by atomic mass is 10.00. The van der Waals surface area contributed by atoms with Gasteiger partial charge in [-0.05, 0) is 55.8 Å². The van der Waals surface area contributed by atoms with E-state index in [0.717, 1.165) is 17.4 Å². The molecule has 1 aliphatic heterocycles. The van der Waals surface area contributed by atoms with Gasteiger partial charge in [-0.15, -0.1) is 0 Å². The van der Waals surface area contributed by atoms with Crippen molar-refractivity contribution in [3.05, 3.63) is 30.1 Å². The minimum atomic E-state index is 0.0997. The maximum absolute atomic E-state index is 8.51. The highest BCUT2D eigenvalue weighted by atomic mass is 16.3. The molecule has 2 aliphatic rings. The van der Waals surface area contributed by atoms with Gasteiger partial charge in [0.15, 0.2) is 0 Å². The Hall–Kier alpha value is -0.930. The fraction of sp³-hybridized carbons (Fsp3) is 0.688. The van der Waals surface area contributed by atoms with Crippen LogP contribution in [0.4, 0.5) is 0 Å². The molecule has 1 aromatic rings. The van der Waals surface area contributed by atoms with Crippen molar-refractivity contribution in [3.63, 3.8) is 0 Å². The molecule has 19 heavy (non-hydrogen) atoms. The van der Waals surface area contributed by atoms with E-state index in [9.17, 15) is 0 Å². The van der Waals surface area contributed by atoms with E-state index in [1.807, 2.05) is 13.8 Å². The molecular weight excluding hydrogens is 236 g/mol. The van der Waals surface area contributed by atoms with Gasteiger partial charge in [0.05, 0.1) is 6.61 Å². The molecule has 0 spiro atoms. The number of fused-ring (bicyclic) bond motifs is 2. The normalized spacial score (nSPS) is 24.8. The lowest BCUT2D eigenvalue weighted by molar-refractivity contribution is 0.203. The van der Waals surface area contributed by atoms with Gasteiger partial charge in [0, 0.05) is 25.5 Å². The van der Waals surface area contributed by atoms with E-state index in [0.29, 0.717) is 0 Å². The second-order valence-electron chi connectivity index (χ2n) is 5.28. The Morgan fingerprint density at radius 1 is 1.16 bits per heavy atom. The largest absolute Gasteiger partial charge is 0.392 e. The molecule has 1 saturated carbocycles. The maximum Gasteiger partial charge on any atom is 0.0682 e. The van der Waals surface area contributed by atoms with Crippen molar-refractivity contribution in [2.75, 3.05) is 20.1 Å². The number of rotatable bonds is 1. The van der Waals surface area contributed by atoms with Gasteiger partial charge in [0.25, 0.3) is 0 Å². The van der Waals surface area contributed by atoms with Crippen LogP contribution in [-0.4, -0.2) is 35.1 Å². The van der Waals surface area contributed by atoms with Gasteiger partial charge < -0.3 is 10.0 Å². The molecule has 2 atom stereocenters. The summed E-state index contributed by atoms with van der Waals surface area (Å²) in [5, 5.41) is 8.51. The van der Waals surface area contributed by atoms with Crippen LogP contribution in [0.1, 0.15) is 38.7 Å². The quantitative estimate of drug-likeness (QED) is 0.847. The predicted molar refractivity (Wildman–Crippen MR) is 79.8 cm³/mol. The van der Waals surface area contributed by atoms with Crippen LogP contribution in [0.2, 0.25) is 0 Å². The van der Waals surface area contributed by atoms with Crippen molar-refractivity contribution in [1.82, 2.24) is 9.88 Å². The third-order valence-corrected chi connectivity index (χ3v) is 3.72. The fourth-order valence-electron chi connectivity index (χ4n) is 2.95. The summed E-state index contributed by atoms with van der Waals surface area (Å²) in [6.07, 6.45) is 7.87. The van der Waals surface area contributed by atoms with Crippen molar-refractivity contribution in [3.8, 4) is 0 Å². The summed E-state index contributed by atoms with van der Waals surface area (Å²) in [5.41, 5.74) is 0.903. The SMILES string of the molecule is CC.CN1CC2CCC(C2)C1.OCc1ccncc1. The van der Waals surface area contributed by atoms with E-state index in [-0.39, 0.29) is 6.61 Å². The number of likely N-dealkylation sites (tertiary alicyclic amines) is 1. The van der Waals surface area contributed by atoms with Gasteiger partial charge in [0.2, 0.25) is 0 Å². The van der Waals surface area contributed by atoms with E-state index < -0.39 is 0 Å². The van der Waals surface area contributed by atoms with E-state index in [1.165, 1.54) is 32.4 Å². The Balaban J connectivity index is 0.000000170. The summed E-state index contributed by atoms with van der Waals surface area (Å²) >= 11 is 0. The van der Waals surface area contributed by atoms with Crippen LogP contribution in [-0.2, 0) is 6.61 Å². The number of aromatic nitrogens is 1. The highest BCUT2D eigenvalue weighted by Gasteiger charge is 2.30. The van der Waals surface area contributed by atoms with Gasteiger partial charge in [0.1, 0.15) is 0 Å². The molecule has 1 aromatic heterocycles. The van der Waals surface area contributed by atoms with Gasteiger partial charge in [-0.2, -0.15) is 0 Å². The molecule has 3 rings (SSSR count). The van der Waals surface area contributed by atoms with Crippen molar-refractivity contribution >= 4 is 0 Å². The Kier molecular flexibility index (Phi) is 7.68. The summed E-state index contributed by atoms with van der Waals surface area (Å²) in [4.78, 5) is 6.27. The molecule has 0 amide bonds. The zero-order chi connectivity index (χ0) is 14.1. The van der Waals surface area contributed by atoms with Crippen molar-refractivity contribution in [2.24, 2.45) is 11.8 Å². The highest BCUT2D eigenvalue weighted by molar-refractivity contribution is 5.07. The zero-order valence-corrected chi connectivity index (χ0v) is 12.5. The Labute approximate surface area is 117 Å². The summed E-state index contributed by atoms with van der Waals surface area (Å²) in [6, 6.07) is 3.56. The average molecular weight is 264 g/mol. The van der Waals surface area contributed by atoms with Crippen LogP contribution < -0.4 is 0 Å². The minimum Gasteiger partial charge on any atom is -0.392 e. The molecule has 1 saturated heterocycles. The van der Waals surface area contributed by atoms with Gasteiger partial charge >= 0.3 is 0 Å². The first-order chi connectivity index (χ1) is 9.28. The molecule has 2 fully saturated rings. The van der Waals surface area contributed by atoms with Crippen LogP contribution in [0.5, 0.6) is 0 Å². The maximum atomic E-state index is 8.51. The third-order valence-electron chi connectivity index (χ3n) is 3.72. The molecule has 0 aromatic carbocycles. The molecule has 108 valence electrons. The van der Waals surface area contributed by atoms with E-state index in [1.54, 1.807) is 24.5 Å². The molecule has 2 unspecified atom stereocenters. The summed E-state index contributed by atoms with van der Waals surface area (Å²) in [6.45, 7) is 6.84. The van der Waals surface area contributed by atoms with Crippen LogP contribution in [0, 0.1) is 11.8 Å². The first kappa shape index (κ1) is 16.1. The van der Waals surface area contributed by atoms with Gasteiger partial charge in [-0.1, -0.05) is 13.8 Å². The molecule has 2 heterocycles. The van der Waals surface area contributed by atoms with Crippen molar-refractivity contribution in [2.45, 2.75) is 39.7 Å². The number of aliphatic hydroxyl groups is 1. The highest BCUT2D eigenvalue weighted by Crippen LogP contribution is 2.35. The third kappa shape index (κ3) is 5.70. The first-order valence-electron chi connectivity index (χ1n) is 7.46. The van der Waals surface area contributed by atoms with Gasteiger partial charge in [-0.25, -0.2) is 0 Å². The predicted octanol–water partition coefficient (Wildman–Crippen LogP) is 2.95. The number of nitrogens with zero attached hydrogens (tertiary/aromatic N) is 2. The van der Waals surface area contributed by atoms with Crippen LogP contribution in [0.15, 0.2) is 24.5 Å². The van der Waals surface area contributed by atoms with E-state index >= 15 is 0 Å². The fourth-order valence-corrected chi connectivity index (χ4v) is 2.95. The monoisotopic (exact) mass is 264 g/mol. The smallest absolute Gasteiger partial charge is 0.0682 e. The van der Waals surface area contributed by atoms with E-state index in [4.69, 9.17) is 5.11 Å². The Morgan fingerprint density at radius 2 is 1.68 bits per heavy atom. The minimum absolute atomic E-state index is 0.0997.